The van der Waals surface area contributed by atoms with Crippen molar-refractivity contribution >= 4 is 33.4 Å². The molecule has 118 valence electrons. The second kappa shape index (κ2) is 6.70. The van der Waals surface area contributed by atoms with Gasteiger partial charge in [-0.1, -0.05) is 0 Å². The van der Waals surface area contributed by atoms with Gasteiger partial charge in [-0.25, -0.2) is 4.79 Å². The second-order valence-electron chi connectivity index (χ2n) is 4.85. The van der Waals surface area contributed by atoms with Crippen LogP contribution in [0.25, 0.3) is 0 Å². The summed E-state index contributed by atoms with van der Waals surface area (Å²) in [5.41, 5.74) is 1.00. The molecule has 2 aromatic carbocycles. The molecule has 23 heavy (non-hydrogen) atoms. The Balaban J connectivity index is 2.24. The van der Waals surface area contributed by atoms with Gasteiger partial charge >= 0.3 is 5.97 Å². The molecule has 0 heterocycles. The number of ketones is 1. The molecule has 2 aromatic rings. The fraction of sp³-hybridized carbons (Fsp3) is 0.125. The van der Waals surface area contributed by atoms with Gasteiger partial charge in [0.25, 0.3) is 5.69 Å². The van der Waals surface area contributed by atoms with Gasteiger partial charge in [0, 0.05) is 17.2 Å². The molecule has 0 saturated carbocycles. The van der Waals surface area contributed by atoms with Crippen molar-refractivity contribution < 1.29 is 19.2 Å². The van der Waals surface area contributed by atoms with E-state index >= 15 is 0 Å². The molecule has 0 radical (unpaired) electrons. The number of halogens is 1. The Morgan fingerprint density at radius 3 is 2.30 bits per heavy atom. The number of ether oxygens (including phenoxy) is 1. The van der Waals surface area contributed by atoms with E-state index in [0.717, 1.165) is 0 Å². The van der Waals surface area contributed by atoms with Gasteiger partial charge in [0.15, 0.2) is 5.78 Å². The van der Waals surface area contributed by atoms with Crippen LogP contribution in [0.2, 0.25) is 0 Å². The normalized spacial score (nSPS) is 10.2. The van der Waals surface area contributed by atoms with E-state index in [1.54, 1.807) is 19.1 Å². The predicted octanol–water partition coefficient (Wildman–Crippen LogP) is 4.09. The van der Waals surface area contributed by atoms with Crippen LogP contribution in [0.15, 0.2) is 40.9 Å². The fourth-order valence-electron chi connectivity index (χ4n) is 1.95. The molecule has 0 aliphatic rings. The summed E-state index contributed by atoms with van der Waals surface area (Å²) in [6, 6.07) is 8.63. The van der Waals surface area contributed by atoms with Gasteiger partial charge in [0.2, 0.25) is 0 Å². The number of hydrogen-bond donors (Lipinski definition) is 0. The highest BCUT2D eigenvalue weighted by Crippen LogP contribution is 2.27. The fourth-order valence-corrected chi connectivity index (χ4v) is 2.41. The largest absolute Gasteiger partial charge is 0.422 e. The van der Waals surface area contributed by atoms with Gasteiger partial charge in [-0.15, -0.1) is 0 Å². The maximum Gasteiger partial charge on any atom is 0.343 e. The molecule has 0 aliphatic heterocycles. The number of nitrogens with zero attached hydrogens (tertiary/aromatic N) is 1. The highest BCUT2D eigenvalue weighted by molar-refractivity contribution is 9.10. The lowest BCUT2D eigenvalue weighted by molar-refractivity contribution is -0.385. The van der Waals surface area contributed by atoms with E-state index < -0.39 is 10.9 Å². The first-order valence-corrected chi connectivity index (χ1v) is 7.36. The first-order chi connectivity index (χ1) is 10.8. The quantitative estimate of drug-likeness (QED) is 0.263. The standard InChI is InChI=1S/C16H12BrNO5/c1-9-7-12(3-5-14(9)18(21)22)16(20)23-15-6-4-11(10(2)19)8-13(15)17/h3-8H,1-2H3. The molecular weight excluding hydrogens is 366 g/mol. The maximum absolute atomic E-state index is 12.1. The summed E-state index contributed by atoms with van der Waals surface area (Å²) in [6.07, 6.45) is 0. The number of aryl methyl sites for hydroxylation is 1. The van der Waals surface area contributed by atoms with E-state index in [1.807, 2.05) is 0 Å². The van der Waals surface area contributed by atoms with Crippen molar-refractivity contribution in [2.45, 2.75) is 13.8 Å². The number of nitro benzene ring substituents is 1. The molecule has 0 unspecified atom stereocenters. The Bertz CT molecular complexity index is 816. The average molecular weight is 378 g/mol. The minimum atomic E-state index is -0.640. The summed E-state index contributed by atoms with van der Waals surface area (Å²) < 4.78 is 5.72. The first kappa shape index (κ1) is 16.8. The van der Waals surface area contributed by atoms with Gasteiger partial charge < -0.3 is 4.74 Å². The van der Waals surface area contributed by atoms with Crippen LogP contribution in [0.5, 0.6) is 5.75 Å². The summed E-state index contributed by atoms with van der Waals surface area (Å²) in [7, 11) is 0. The zero-order valence-corrected chi connectivity index (χ0v) is 13.9. The average Bonchev–Trinajstić information content (AvgIpc) is 2.48. The summed E-state index contributed by atoms with van der Waals surface area (Å²) in [4.78, 5) is 33.7. The number of esters is 1. The van der Waals surface area contributed by atoms with E-state index in [1.165, 1.54) is 31.2 Å². The highest BCUT2D eigenvalue weighted by Gasteiger charge is 2.16. The molecule has 6 nitrogen and oxygen atoms in total. The Morgan fingerprint density at radius 1 is 1.13 bits per heavy atom. The molecule has 0 aromatic heterocycles. The molecular formula is C16H12BrNO5. The molecule has 0 saturated heterocycles. The number of nitro groups is 1. The van der Waals surface area contributed by atoms with E-state index in [2.05, 4.69) is 15.9 Å². The minimum Gasteiger partial charge on any atom is -0.422 e. The Kier molecular flexibility index (Phi) is 4.90. The number of carbonyl (C=O) groups is 2. The molecule has 7 heteroatoms. The predicted molar refractivity (Wildman–Crippen MR) is 86.9 cm³/mol. The zero-order chi connectivity index (χ0) is 17.1. The van der Waals surface area contributed by atoms with Gasteiger partial charge in [-0.2, -0.15) is 0 Å². The van der Waals surface area contributed by atoms with E-state index in [9.17, 15) is 19.7 Å². The van der Waals surface area contributed by atoms with Crippen LogP contribution in [0.3, 0.4) is 0 Å². The monoisotopic (exact) mass is 377 g/mol. The summed E-state index contributed by atoms with van der Waals surface area (Å²) in [5, 5.41) is 10.8. The van der Waals surface area contributed by atoms with Crippen LogP contribution in [-0.2, 0) is 0 Å². The Labute approximate surface area is 140 Å². The van der Waals surface area contributed by atoms with Crippen molar-refractivity contribution in [3.63, 3.8) is 0 Å². The van der Waals surface area contributed by atoms with Crippen molar-refractivity contribution in [3.8, 4) is 5.75 Å². The lowest BCUT2D eigenvalue weighted by atomic mass is 10.1. The van der Waals surface area contributed by atoms with Crippen molar-refractivity contribution in [1.82, 2.24) is 0 Å². The van der Waals surface area contributed by atoms with Gasteiger partial charge in [0.05, 0.1) is 15.0 Å². The molecule has 0 spiro atoms. The van der Waals surface area contributed by atoms with E-state index in [4.69, 9.17) is 4.74 Å². The topological polar surface area (TPSA) is 86.5 Å². The SMILES string of the molecule is CC(=O)c1ccc(OC(=O)c2ccc([N+](=O)[O-])c(C)c2)c(Br)c1. The third-order valence-electron chi connectivity index (χ3n) is 3.17. The third kappa shape index (κ3) is 3.81. The number of rotatable bonds is 4. The molecule has 0 aliphatic carbocycles. The third-order valence-corrected chi connectivity index (χ3v) is 3.79. The number of carbonyl (C=O) groups excluding carboxylic acids is 2. The Morgan fingerprint density at radius 2 is 1.78 bits per heavy atom. The Hall–Kier alpha value is -2.54. The molecule has 0 fully saturated rings. The number of Topliss-reactive ketones (excluding diaryl/α,β-unsaturated/α-hetero) is 1. The smallest absolute Gasteiger partial charge is 0.343 e. The molecule has 0 atom stereocenters. The summed E-state index contributed by atoms with van der Waals surface area (Å²) >= 11 is 3.24. The summed E-state index contributed by atoms with van der Waals surface area (Å²) in [5.74, 6) is -0.482. The van der Waals surface area contributed by atoms with Gasteiger partial charge in [-0.05, 0) is 60.1 Å². The maximum atomic E-state index is 12.1. The van der Waals surface area contributed by atoms with E-state index in [-0.39, 0.29) is 22.8 Å². The van der Waals surface area contributed by atoms with Crippen molar-refractivity contribution in [1.29, 1.82) is 0 Å². The highest BCUT2D eigenvalue weighted by atomic mass is 79.9. The summed E-state index contributed by atoms with van der Waals surface area (Å²) in [6.45, 7) is 2.99. The van der Waals surface area contributed by atoms with Crippen LogP contribution in [0.4, 0.5) is 5.69 Å². The number of benzene rings is 2. The second-order valence-corrected chi connectivity index (χ2v) is 5.70. The number of hydrogen-bond acceptors (Lipinski definition) is 5. The lowest BCUT2D eigenvalue weighted by Gasteiger charge is -2.08. The van der Waals surface area contributed by atoms with Crippen LogP contribution in [0, 0.1) is 17.0 Å². The molecule has 0 bridgehead atoms. The van der Waals surface area contributed by atoms with Crippen LogP contribution >= 0.6 is 15.9 Å². The van der Waals surface area contributed by atoms with Crippen LogP contribution < -0.4 is 4.74 Å². The zero-order valence-electron chi connectivity index (χ0n) is 12.3. The van der Waals surface area contributed by atoms with Crippen LogP contribution in [-0.4, -0.2) is 16.7 Å². The molecule has 2 rings (SSSR count). The van der Waals surface area contributed by atoms with Crippen molar-refractivity contribution in [2.75, 3.05) is 0 Å². The van der Waals surface area contributed by atoms with Gasteiger partial charge in [-0.3, -0.25) is 14.9 Å². The van der Waals surface area contributed by atoms with Gasteiger partial charge in [0.1, 0.15) is 5.75 Å². The van der Waals surface area contributed by atoms with Crippen LogP contribution in [0.1, 0.15) is 33.2 Å². The molecule has 0 N–H and O–H groups in total. The van der Waals surface area contributed by atoms with Crippen molar-refractivity contribution in [2.24, 2.45) is 0 Å². The lowest BCUT2D eigenvalue weighted by Crippen LogP contribution is -2.09. The molecule has 0 amide bonds. The van der Waals surface area contributed by atoms with Crippen molar-refractivity contribution in [3.05, 3.63) is 67.7 Å². The minimum absolute atomic E-state index is 0.0615. The first-order valence-electron chi connectivity index (χ1n) is 6.57. The van der Waals surface area contributed by atoms with E-state index in [0.29, 0.717) is 15.6 Å².